The summed E-state index contributed by atoms with van der Waals surface area (Å²) >= 11 is 0. The smallest absolute Gasteiger partial charge is 0.133 e. The number of fused-ring (bicyclic) bond motifs is 1. The van der Waals surface area contributed by atoms with Gasteiger partial charge < -0.3 is 5.32 Å². The van der Waals surface area contributed by atoms with Crippen molar-refractivity contribution in [2.45, 2.75) is 70.3 Å². The first-order valence-electron chi connectivity index (χ1n) is 7.53. The quantitative estimate of drug-likeness (QED) is 0.866. The number of anilines is 1. The highest BCUT2D eigenvalue weighted by Gasteiger charge is 2.19. The fourth-order valence-corrected chi connectivity index (χ4v) is 3.28. The maximum Gasteiger partial charge on any atom is 0.133 e. The molecule has 1 aromatic heterocycles. The standard InChI is InChI=1S/C15H23N3/c1-2-4-7-12(8-5-3-1)18-15-13-9-6-10-14(13)16-11-17-15/h11-12H,1-10H2,(H,16,17,18). The van der Waals surface area contributed by atoms with E-state index < -0.39 is 0 Å². The molecule has 98 valence electrons. The predicted molar refractivity (Wildman–Crippen MR) is 73.8 cm³/mol. The molecule has 0 amide bonds. The van der Waals surface area contributed by atoms with Gasteiger partial charge in [0.2, 0.25) is 0 Å². The lowest BCUT2D eigenvalue weighted by molar-refractivity contribution is 0.470. The van der Waals surface area contributed by atoms with Crippen molar-refractivity contribution >= 4 is 5.82 Å². The van der Waals surface area contributed by atoms with Gasteiger partial charge in [-0.25, -0.2) is 9.97 Å². The summed E-state index contributed by atoms with van der Waals surface area (Å²) in [6, 6.07) is 0.630. The summed E-state index contributed by atoms with van der Waals surface area (Å²) in [5.74, 6) is 1.13. The fraction of sp³-hybridized carbons (Fsp3) is 0.733. The summed E-state index contributed by atoms with van der Waals surface area (Å²) in [4.78, 5) is 8.87. The van der Waals surface area contributed by atoms with E-state index in [0.717, 1.165) is 18.7 Å². The molecule has 0 aromatic carbocycles. The second kappa shape index (κ2) is 5.68. The van der Waals surface area contributed by atoms with E-state index in [0.29, 0.717) is 6.04 Å². The molecule has 0 saturated heterocycles. The Kier molecular flexibility index (Phi) is 3.77. The SMILES string of the molecule is c1nc2c(c(NC3CCCCCCC3)n1)CCC2. The Morgan fingerprint density at radius 3 is 2.50 bits per heavy atom. The zero-order valence-electron chi connectivity index (χ0n) is 11.1. The van der Waals surface area contributed by atoms with Gasteiger partial charge in [0.05, 0.1) is 0 Å². The van der Waals surface area contributed by atoms with Crippen molar-refractivity contribution < 1.29 is 0 Å². The van der Waals surface area contributed by atoms with Gasteiger partial charge >= 0.3 is 0 Å². The van der Waals surface area contributed by atoms with Gasteiger partial charge in [0.1, 0.15) is 12.1 Å². The van der Waals surface area contributed by atoms with Crippen LogP contribution in [0.3, 0.4) is 0 Å². The van der Waals surface area contributed by atoms with Gasteiger partial charge in [-0.3, -0.25) is 0 Å². The number of aromatic nitrogens is 2. The van der Waals surface area contributed by atoms with Gasteiger partial charge in [0, 0.05) is 17.3 Å². The first kappa shape index (κ1) is 11.9. The topological polar surface area (TPSA) is 37.8 Å². The molecule has 0 bridgehead atoms. The summed E-state index contributed by atoms with van der Waals surface area (Å²) in [5.41, 5.74) is 2.66. The summed E-state index contributed by atoms with van der Waals surface area (Å²) in [6.07, 6.45) is 14.8. The predicted octanol–water partition coefficient (Wildman–Crippen LogP) is 3.49. The van der Waals surface area contributed by atoms with Crippen molar-refractivity contribution in [1.82, 2.24) is 9.97 Å². The Morgan fingerprint density at radius 2 is 1.67 bits per heavy atom. The maximum atomic E-state index is 4.48. The fourth-order valence-electron chi connectivity index (χ4n) is 3.28. The molecular formula is C15H23N3. The molecule has 2 aliphatic carbocycles. The molecule has 3 heteroatoms. The number of hydrogen-bond donors (Lipinski definition) is 1. The third-order valence-corrected chi connectivity index (χ3v) is 4.32. The third kappa shape index (κ3) is 2.65. The average Bonchev–Trinajstić information content (AvgIpc) is 2.81. The normalized spacial score (nSPS) is 21.1. The zero-order chi connectivity index (χ0) is 12.2. The van der Waals surface area contributed by atoms with Crippen LogP contribution in [0.4, 0.5) is 5.82 Å². The van der Waals surface area contributed by atoms with Gasteiger partial charge in [0.25, 0.3) is 0 Å². The molecule has 0 unspecified atom stereocenters. The van der Waals surface area contributed by atoms with Crippen LogP contribution in [0, 0.1) is 0 Å². The largest absolute Gasteiger partial charge is 0.367 e. The molecule has 0 radical (unpaired) electrons. The summed E-state index contributed by atoms with van der Waals surface area (Å²) < 4.78 is 0. The van der Waals surface area contributed by atoms with E-state index in [-0.39, 0.29) is 0 Å². The van der Waals surface area contributed by atoms with E-state index in [1.54, 1.807) is 6.33 Å². The minimum atomic E-state index is 0.630. The second-order valence-electron chi connectivity index (χ2n) is 5.69. The molecule has 3 rings (SSSR count). The lowest BCUT2D eigenvalue weighted by Crippen LogP contribution is -2.22. The molecule has 1 heterocycles. The molecule has 2 aliphatic rings. The number of nitrogens with zero attached hydrogens (tertiary/aromatic N) is 2. The Hall–Kier alpha value is -1.12. The van der Waals surface area contributed by atoms with E-state index in [1.807, 2.05) is 0 Å². The Bertz CT molecular complexity index is 395. The van der Waals surface area contributed by atoms with Crippen LogP contribution in [0.15, 0.2) is 6.33 Å². The lowest BCUT2D eigenvalue weighted by Gasteiger charge is -2.22. The molecule has 1 saturated carbocycles. The summed E-state index contributed by atoms with van der Waals surface area (Å²) in [5, 5.41) is 3.70. The summed E-state index contributed by atoms with van der Waals surface area (Å²) in [6.45, 7) is 0. The molecule has 0 atom stereocenters. The molecule has 0 aliphatic heterocycles. The lowest BCUT2D eigenvalue weighted by atomic mass is 9.96. The number of rotatable bonds is 2. The molecule has 18 heavy (non-hydrogen) atoms. The van der Waals surface area contributed by atoms with Crippen molar-refractivity contribution in [3.05, 3.63) is 17.6 Å². The Labute approximate surface area is 109 Å². The van der Waals surface area contributed by atoms with Crippen molar-refractivity contribution in [3.63, 3.8) is 0 Å². The van der Waals surface area contributed by atoms with Gasteiger partial charge in [-0.2, -0.15) is 0 Å². The average molecular weight is 245 g/mol. The monoisotopic (exact) mass is 245 g/mol. The Morgan fingerprint density at radius 1 is 0.889 bits per heavy atom. The van der Waals surface area contributed by atoms with Crippen molar-refractivity contribution in [3.8, 4) is 0 Å². The van der Waals surface area contributed by atoms with Crippen molar-refractivity contribution in [2.24, 2.45) is 0 Å². The molecule has 1 aromatic rings. The van der Waals surface area contributed by atoms with Crippen LogP contribution in [0.25, 0.3) is 0 Å². The van der Waals surface area contributed by atoms with Crippen LogP contribution in [-0.4, -0.2) is 16.0 Å². The molecule has 0 spiro atoms. The minimum absolute atomic E-state index is 0.630. The number of nitrogens with one attached hydrogen (secondary N) is 1. The molecule has 3 nitrogen and oxygen atoms in total. The third-order valence-electron chi connectivity index (χ3n) is 4.32. The van der Waals surface area contributed by atoms with E-state index >= 15 is 0 Å². The van der Waals surface area contributed by atoms with Crippen LogP contribution in [0.1, 0.15) is 62.6 Å². The van der Waals surface area contributed by atoms with Crippen molar-refractivity contribution in [1.29, 1.82) is 0 Å². The minimum Gasteiger partial charge on any atom is -0.367 e. The van der Waals surface area contributed by atoms with Crippen LogP contribution < -0.4 is 5.32 Å². The molecule has 1 fully saturated rings. The second-order valence-corrected chi connectivity index (χ2v) is 5.69. The Balaban J connectivity index is 1.69. The van der Waals surface area contributed by atoms with Gasteiger partial charge in [0.15, 0.2) is 0 Å². The highest BCUT2D eigenvalue weighted by atomic mass is 15.0. The zero-order valence-corrected chi connectivity index (χ0v) is 11.1. The molecular weight excluding hydrogens is 222 g/mol. The van der Waals surface area contributed by atoms with Crippen LogP contribution in [-0.2, 0) is 12.8 Å². The van der Waals surface area contributed by atoms with Crippen LogP contribution >= 0.6 is 0 Å². The summed E-state index contributed by atoms with van der Waals surface area (Å²) in [7, 11) is 0. The number of hydrogen-bond acceptors (Lipinski definition) is 3. The first-order chi connectivity index (χ1) is 8.93. The van der Waals surface area contributed by atoms with E-state index in [1.165, 1.54) is 62.6 Å². The van der Waals surface area contributed by atoms with Gasteiger partial charge in [-0.15, -0.1) is 0 Å². The van der Waals surface area contributed by atoms with Crippen molar-refractivity contribution in [2.75, 3.05) is 5.32 Å². The highest BCUT2D eigenvalue weighted by Crippen LogP contribution is 2.27. The van der Waals surface area contributed by atoms with Crippen LogP contribution in [0.2, 0.25) is 0 Å². The first-order valence-corrected chi connectivity index (χ1v) is 7.53. The van der Waals surface area contributed by atoms with Crippen LogP contribution in [0.5, 0.6) is 0 Å². The maximum absolute atomic E-state index is 4.48. The molecule has 1 N–H and O–H groups in total. The highest BCUT2D eigenvalue weighted by molar-refractivity contribution is 5.48. The van der Waals surface area contributed by atoms with E-state index in [2.05, 4.69) is 15.3 Å². The van der Waals surface area contributed by atoms with Gasteiger partial charge in [-0.1, -0.05) is 32.1 Å². The number of aryl methyl sites for hydroxylation is 1. The van der Waals surface area contributed by atoms with E-state index in [9.17, 15) is 0 Å². The van der Waals surface area contributed by atoms with Gasteiger partial charge in [-0.05, 0) is 32.1 Å². The van der Waals surface area contributed by atoms with E-state index in [4.69, 9.17) is 0 Å².